The van der Waals surface area contributed by atoms with E-state index in [1.54, 1.807) is 0 Å². The molecular weight excluding hydrogens is 200 g/mol. The van der Waals surface area contributed by atoms with Gasteiger partial charge in [0.2, 0.25) is 0 Å². The monoisotopic (exact) mass is 220 g/mol. The van der Waals surface area contributed by atoms with E-state index < -0.39 is 0 Å². The summed E-state index contributed by atoms with van der Waals surface area (Å²) in [7, 11) is 0. The number of hydrogen-bond donors (Lipinski definition) is 1. The lowest BCUT2D eigenvalue weighted by molar-refractivity contribution is 0.0312. The van der Waals surface area contributed by atoms with Crippen molar-refractivity contribution in [2.24, 2.45) is 5.92 Å². The SMILES string of the molecule is C[C@H](OC[C@H]1CCCNC1)c1ccccn1. The van der Waals surface area contributed by atoms with E-state index >= 15 is 0 Å². The maximum atomic E-state index is 5.86. The third kappa shape index (κ3) is 3.29. The van der Waals surface area contributed by atoms with Gasteiger partial charge in [0.05, 0.1) is 18.4 Å². The van der Waals surface area contributed by atoms with Crippen molar-refractivity contribution in [1.29, 1.82) is 0 Å². The fourth-order valence-electron chi connectivity index (χ4n) is 2.05. The van der Waals surface area contributed by atoms with Crippen molar-refractivity contribution in [2.75, 3.05) is 19.7 Å². The summed E-state index contributed by atoms with van der Waals surface area (Å²) in [6.07, 6.45) is 4.47. The molecule has 2 atom stereocenters. The van der Waals surface area contributed by atoms with Gasteiger partial charge in [-0.3, -0.25) is 4.98 Å². The van der Waals surface area contributed by atoms with Crippen molar-refractivity contribution in [1.82, 2.24) is 10.3 Å². The number of nitrogens with zero attached hydrogens (tertiary/aromatic N) is 1. The molecule has 0 unspecified atom stereocenters. The molecule has 1 aromatic rings. The Bertz CT molecular complexity index is 296. The van der Waals surface area contributed by atoms with E-state index in [4.69, 9.17) is 4.74 Å². The first-order valence-electron chi connectivity index (χ1n) is 6.09. The summed E-state index contributed by atoms with van der Waals surface area (Å²) in [5.41, 5.74) is 1.02. The minimum Gasteiger partial charge on any atom is -0.372 e. The van der Waals surface area contributed by atoms with Crippen LogP contribution in [-0.2, 0) is 4.74 Å². The molecule has 0 aliphatic carbocycles. The van der Waals surface area contributed by atoms with Crippen molar-refractivity contribution in [2.45, 2.75) is 25.9 Å². The van der Waals surface area contributed by atoms with Crippen LogP contribution in [0, 0.1) is 5.92 Å². The highest BCUT2D eigenvalue weighted by Gasteiger charge is 2.15. The summed E-state index contributed by atoms with van der Waals surface area (Å²) in [5, 5.41) is 3.40. The molecule has 1 aliphatic heterocycles. The van der Waals surface area contributed by atoms with Crippen LogP contribution in [-0.4, -0.2) is 24.7 Å². The molecule has 0 saturated carbocycles. The van der Waals surface area contributed by atoms with Crippen LogP contribution < -0.4 is 5.32 Å². The normalized spacial score (nSPS) is 22.9. The number of hydrogen-bond acceptors (Lipinski definition) is 3. The van der Waals surface area contributed by atoms with Crippen molar-refractivity contribution in [3.8, 4) is 0 Å². The lowest BCUT2D eigenvalue weighted by atomic mass is 10.0. The quantitative estimate of drug-likeness (QED) is 0.844. The van der Waals surface area contributed by atoms with E-state index in [2.05, 4.69) is 17.2 Å². The summed E-state index contributed by atoms with van der Waals surface area (Å²) in [4.78, 5) is 4.30. The van der Waals surface area contributed by atoms with Crippen molar-refractivity contribution >= 4 is 0 Å². The van der Waals surface area contributed by atoms with E-state index in [9.17, 15) is 0 Å². The van der Waals surface area contributed by atoms with E-state index in [-0.39, 0.29) is 6.10 Å². The second-order valence-corrected chi connectivity index (χ2v) is 4.44. The third-order valence-corrected chi connectivity index (χ3v) is 3.09. The standard InChI is InChI=1S/C13H20N2O/c1-11(13-6-2-3-8-15-13)16-10-12-5-4-7-14-9-12/h2-3,6,8,11-12,14H,4-5,7,9-10H2,1H3/t11-,12-/m0/s1. The molecular formula is C13H20N2O. The molecule has 1 aliphatic rings. The summed E-state index contributed by atoms with van der Waals surface area (Å²) in [6.45, 7) is 5.16. The first-order chi connectivity index (χ1) is 7.86. The van der Waals surface area contributed by atoms with Gasteiger partial charge in [0.25, 0.3) is 0 Å². The number of aromatic nitrogens is 1. The minimum absolute atomic E-state index is 0.100. The highest BCUT2D eigenvalue weighted by molar-refractivity contribution is 5.05. The van der Waals surface area contributed by atoms with Crippen molar-refractivity contribution < 1.29 is 4.74 Å². The molecule has 1 aromatic heterocycles. The van der Waals surface area contributed by atoms with Crippen LogP contribution in [0.2, 0.25) is 0 Å². The van der Waals surface area contributed by atoms with Gasteiger partial charge in [0, 0.05) is 12.7 Å². The van der Waals surface area contributed by atoms with Gasteiger partial charge in [-0.15, -0.1) is 0 Å². The predicted octanol–water partition coefficient (Wildman–Crippen LogP) is 2.16. The second-order valence-electron chi connectivity index (χ2n) is 4.44. The number of nitrogens with one attached hydrogen (secondary N) is 1. The Kier molecular flexibility index (Phi) is 4.31. The average Bonchev–Trinajstić information content (AvgIpc) is 2.38. The van der Waals surface area contributed by atoms with Crippen LogP contribution in [0.15, 0.2) is 24.4 Å². The van der Waals surface area contributed by atoms with E-state index in [1.165, 1.54) is 12.8 Å². The summed E-state index contributed by atoms with van der Waals surface area (Å²) < 4.78 is 5.86. The molecule has 0 radical (unpaired) electrons. The smallest absolute Gasteiger partial charge is 0.0966 e. The van der Waals surface area contributed by atoms with Crippen LogP contribution >= 0.6 is 0 Å². The minimum atomic E-state index is 0.100. The lowest BCUT2D eigenvalue weighted by Crippen LogP contribution is -2.32. The van der Waals surface area contributed by atoms with Crippen LogP contribution in [0.1, 0.15) is 31.6 Å². The van der Waals surface area contributed by atoms with Crippen LogP contribution in [0.4, 0.5) is 0 Å². The van der Waals surface area contributed by atoms with Crippen LogP contribution in [0.5, 0.6) is 0 Å². The molecule has 16 heavy (non-hydrogen) atoms. The maximum absolute atomic E-state index is 5.86. The average molecular weight is 220 g/mol. The topological polar surface area (TPSA) is 34.1 Å². The Morgan fingerprint density at radius 1 is 1.56 bits per heavy atom. The highest BCUT2D eigenvalue weighted by Crippen LogP contribution is 2.17. The molecule has 3 heteroatoms. The van der Waals surface area contributed by atoms with Gasteiger partial charge in [-0.25, -0.2) is 0 Å². The van der Waals surface area contributed by atoms with Gasteiger partial charge < -0.3 is 10.1 Å². The van der Waals surface area contributed by atoms with Crippen LogP contribution in [0.3, 0.4) is 0 Å². The first-order valence-corrected chi connectivity index (χ1v) is 6.09. The van der Waals surface area contributed by atoms with Gasteiger partial charge in [0.15, 0.2) is 0 Å². The second kappa shape index (κ2) is 5.97. The van der Waals surface area contributed by atoms with Gasteiger partial charge in [-0.2, -0.15) is 0 Å². The van der Waals surface area contributed by atoms with E-state index in [1.807, 2.05) is 24.4 Å². The molecule has 3 nitrogen and oxygen atoms in total. The molecule has 88 valence electrons. The van der Waals surface area contributed by atoms with E-state index in [0.29, 0.717) is 5.92 Å². The molecule has 1 fully saturated rings. The maximum Gasteiger partial charge on any atom is 0.0966 e. The lowest BCUT2D eigenvalue weighted by Gasteiger charge is -2.24. The van der Waals surface area contributed by atoms with E-state index in [0.717, 1.165) is 25.4 Å². The zero-order chi connectivity index (χ0) is 11.2. The molecule has 0 aromatic carbocycles. The van der Waals surface area contributed by atoms with Crippen LogP contribution in [0.25, 0.3) is 0 Å². The summed E-state index contributed by atoms with van der Waals surface area (Å²) >= 11 is 0. The number of ether oxygens (including phenoxy) is 1. The largest absolute Gasteiger partial charge is 0.372 e. The number of piperidine rings is 1. The number of pyridine rings is 1. The Morgan fingerprint density at radius 3 is 3.19 bits per heavy atom. The van der Waals surface area contributed by atoms with Crippen molar-refractivity contribution in [3.63, 3.8) is 0 Å². The molecule has 0 bridgehead atoms. The predicted molar refractivity (Wildman–Crippen MR) is 64.2 cm³/mol. The van der Waals surface area contributed by atoms with Gasteiger partial charge in [-0.05, 0) is 44.4 Å². The Labute approximate surface area is 97.2 Å². The molecule has 0 spiro atoms. The Hall–Kier alpha value is -0.930. The molecule has 2 heterocycles. The number of rotatable bonds is 4. The third-order valence-electron chi connectivity index (χ3n) is 3.09. The summed E-state index contributed by atoms with van der Waals surface area (Å²) in [6, 6.07) is 5.95. The van der Waals surface area contributed by atoms with Gasteiger partial charge in [0.1, 0.15) is 0 Å². The fraction of sp³-hybridized carbons (Fsp3) is 0.615. The van der Waals surface area contributed by atoms with Gasteiger partial charge in [-0.1, -0.05) is 6.07 Å². The zero-order valence-corrected chi connectivity index (χ0v) is 9.86. The van der Waals surface area contributed by atoms with Crippen molar-refractivity contribution in [3.05, 3.63) is 30.1 Å². The Balaban J connectivity index is 1.77. The molecule has 0 amide bonds. The molecule has 1 N–H and O–H groups in total. The fourth-order valence-corrected chi connectivity index (χ4v) is 2.05. The first kappa shape index (κ1) is 11.6. The zero-order valence-electron chi connectivity index (χ0n) is 9.86. The molecule has 1 saturated heterocycles. The molecule has 2 rings (SSSR count). The Morgan fingerprint density at radius 2 is 2.50 bits per heavy atom. The van der Waals surface area contributed by atoms with Gasteiger partial charge >= 0.3 is 0 Å². The summed E-state index contributed by atoms with van der Waals surface area (Å²) in [5.74, 6) is 0.667. The highest BCUT2D eigenvalue weighted by atomic mass is 16.5.